The van der Waals surface area contributed by atoms with Crippen molar-refractivity contribution in [2.45, 2.75) is 64.6 Å². The summed E-state index contributed by atoms with van der Waals surface area (Å²) in [6, 6.07) is 27.4. The maximum Gasteiger partial charge on any atom is 0.264 e. The van der Waals surface area contributed by atoms with Crippen LogP contribution in [0.2, 0.25) is 5.02 Å². The van der Waals surface area contributed by atoms with Crippen LogP contribution in [-0.2, 0) is 32.6 Å². The lowest BCUT2D eigenvalue weighted by atomic mass is 10.0. The van der Waals surface area contributed by atoms with Crippen LogP contribution in [0.5, 0.6) is 0 Å². The molecule has 1 unspecified atom stereocenters. The van der Waals surface area contributed by atoms with Crippen LogP contribution < -0.4 is 9.62 Å². The van der Waals surface area contributed by atoms with Crippen molar-refractivity contribution in [3.8, 4) is 0 Å². The van der Waals surface area contributed by atoms with Crippen LogP contribution in [0.25, 0.3) is 0 Å². The minimum atomic E-state index is -4.21. The van der Waals surface area contributed by atoms with Gasteiger partial charge >= 0.3 is 0 Å². The van der Waals surface area contributed by atoms with Gasteiger partial charge in [-0.15, -0.1) is 0 Å². The first kappa shape index (κ1) is 33.7. The van der Waals surface area contributed by atoms with E-state index in [1.54, 1.807) is 30.3 Å². The van der Waals surface area contributed by atoms with Gasteiger partial charge in [0.15, 0.2) is 0 Å². The lowest BCUT2D eigenvalue weighted by Gasteiger charge is -2.34. The maximum atomic E-state index is 14.6. The summed E-state index contributed by atoms with van der Waals surface area (Å²) in [6.45, 7) is 8.94. The molecule has 7 nitrogen and oxygen atoms in total. The molecule has 0 radical (unpaired) electrons. The number of carbonyl (C=O) groups excluding carboxylic acids is 2. The van der Waals surface area contributed by atoms with Crippen LogP contribution in [0.1, 0.15) is 41.7 Å². The fraction of sp³-hybridized carbons (Fsp3) is 0.278. The van der Waals surface area contributed by atoms with Gasteiger partial charge in [0.2, 0.25) is 11.8 Å². The zero-order valence-corrected chi connectivity index (χ0v) is 27.9. The summed E-state index contributed by atoms with van der Waals surface area (Å²) in [6.07, 6.45) is 0.248. The minimum absolute atomic E-state index is 0.0430. The second kappa shape index (κ2) is 14.8. The van der Waals surface area contributed by atoms with E-state index in [0.717, 1.165) is 32.1 Å². The largest absolute Gasteiger partial charge is 0.352 e. The summed E-state index contributed by atoms with van der Waals surface area (Å²) >= 11 is 6.46. The molecular weight excluding hydrogens is 606 g/mol. The highest BCUT2D eigenvalue weighted by atomic mass is 35.5. The van der Waals surface area contributed by atoms with E-state index in [2.05, 4.69) is 5.32 Å². The molecule has 4 aromatic rings. The Morgan fingerprint density at radius 3 is 2.09 bits per heavy atom. The molecule has 0 saturated heterocycles. The van der Waals surface area contributed by atoms with Gasteiger partial charge in [0.1, 0.15) is 12.6 Å². The zero-order chi connectivity index (χ0) is 32.7. The van der Waals surface area contributed by atoms with Crippen LogP contribution in [0, 0.1) is 20.8 Å². The number of amides is 2. The Bertz CT molecular complexity index is 1740. The molecule has 0 bridgehead atoms. The maximum absolute atomic E-state index is 14.6. The summed E-state index contributed by atoms with van der Waals surface area (Å²) in [5.41, 5.74) is 4.60. The highest BCUT2D eigenvalue weighted by Crippen LogP contribution is 2.29. The molecule has 2 amide bonds. The number of hydrogen-bond acceptors (Lipinski definition) is 4. The molecule has 0 fully saturated rings. The minimum Gasteiger partial charge on any atom is -0.352 e. The molecule has 0 saturated carbocycles. The van der Waals surface area contributed by atoms with Gasteiger partial charge in [-0.05, 0) is 81.1 Å². The Morgan fingerprint density at radius 1 is 0.822 bits per heavy atom. The number of nitrogens with zero attached hydrogens (tertiary/aromatic N) is 2. The summed E-state index contributed by atoms with van der Waals surface area (Å²) < 4.78 is 29.4. The summed E-state index contributed by atoms with van der Waals surface area (Å²) in [5.74, 6) is -0.840. The summed E-state index contributed by atoms with van der Waals surface area (Å²) in [5, 5.41) is 3.35. The van der Waals surface area contributed by atoms with E-state index in [1.807, 2.05) is 89.2 Å². The van der Waals surface area contributed by atoms with Gasteiger partial charge < -0.3 is 10.2 Å². The molecule has 45 heavy (non-hydrogen) atoms. The second-order valence-electron chi connectivity index (χ2n) is 11.6. The van der Waals surface area contributed by atoms with E-state index < -0.39 is 28.5 Å². The molecule has 1 N–H and O–H groups in total. The van der Waals surface area contributed by atoms with Crippen molar-refractivity contribution in [3.63, 3.8) is 0 Å². The molecule has 1 atom stereocenters. The fourth-order valence-electron chi connectivity index (χ4n) is 5.01. The standard InChI is InChI=1S/C36H40ClN3O4S/c1-25(2)38-36(42)34(21-29-12-7-6-8-13-29)39(23-30-14-10-9-11-27(30)4)35(41)24-40(31-18-17-28(5)33(37)22-31)45(43,44)32-19-15-26(3)16-20-32/h6-20,22,25,34H,21,23-24H2,1-5H3,(H,38,42). The number of sulfonamides is 1. The Balaban J connectivity index is 1.83. The predicted octanol–water partition coefficient (Wildman–Crippen LogP) is 6.63. The second-order valence-corrected chi connectivity index (χ2v) is 13.8. The number of hydrogen-bond donors (Lipinski definition) is 1. The van der Waals surface area contributed by atoms with Crippen molar-refractivity contribution >= 4 is 39.1 Å². The molecule has 9 heteroatoms. The Hall–Kier alpha value is -4.14. The SMILES string of the molecule is Cc1ccc(S(=O)(=O)N(CC(=O)N(Cc2ccccc2C)C(Cc2ccccc2)C(=O)NC(C)C)c2ccc(C)c(Cl)c2)cc1. The first-order chi connectivity index (χ1) is 21.4. The van der Waals surface area contributed by atoms with E-state index in [0.29, 0.717) is 5.02 Å². The number of benzene rings is 4. The zero-order valence-electron chi connectivity index (χ0n) is 26.3. The van der Waals surface area contributed by atoms with Gasteiger partial charge in [0, 0.05) is 24.0 Å². The molecule has 0 spiro atoms. The van der Waals surface area contributed by atoms with Crippen molar-refractivity contribution in [2.75, 3.05) is 10.8 Å². The van der Waals surface area contributed by atoms with E-state index in [-0.39, 0.29) is 35.5 Å². The van der Waals surface area contributed by atoms with Gasteiger partial charge in [0.05, 0.1) is 10.6 Å². The number of carbonyl (C=O) groups is 2. The van der Waals surface area contributed by atoms with Gasteiger partial charge in [-0.2, -0.15) is 0 Å². The third-order valence-electron chi connectivity index (χ3n) is 7.64. The number of aryl methyl sites for hydroxylation is 3. The number of nitrogens with one attached hydrogen (secondary N) is 1. The number of rotatable bonds is 12. The van der Waals surface area contributed by atoms with Crippen LogP contribution in [0.15, 0.2) is 102 Å². The first-order valence-electron chi connectivity index (χ1n) is 14.9. The Labute approximate surface area is 271 Å². The molecular formula is C36H40ClN3O4S. The van der Waals surface area contributed by atoms with Gasteiger partial charge in [-0.25, -0.2) is 8.42 Å². The summed E-state index contributed by atoms with van der Waals surface area (Å²) in [7, 11) is -4.21. The topological polar surface area (TPSA) is 86.8 Å². The van der Waals surface area contributed by atoms with Gasteiger partial charge in [0.25, 0.3) is 10.0 Å². The number of anilines is 1. The van der Waals surface area contributed by atoms with E-state index in [1.165, 1.54) is 17.0 Å². The number of halogens is 1. The normalized spacial score (nSPS) is 12.1. The smallest absolute Gasteiger partial charge is 0.264 e. The molecule has 0 heterocycles. The van der Waals surface area contributed by atoms with Crippen molar-refractivity contribution in [1.29, 1.82) is 0 Å². The van der Waals surface area contributed by atoms with Crippen molar-refractivity contribution < 1.29 is 18.0 Å². The molecule has 0 aliphatic rings. The Kier molecular flexibility index (Phi) is 11.1. The molecule has 0 aliphatic carbocycles. The van der Waals surface area contributed by atoms with Crippen LogP contribution in [0.4, 0.5) is 5.69 Å². The Morgan fingerprint density at radius 2 is 1.47 bits per heavy atom. The lowest BCUT2D eigenvalue weighted by Crippen LogP contribution is -2.54. The fourth-order valence-corrected chi connectivity index (χ4v) is 6.59. The van der Waals surface area contributed by atoms with Gasteiger partial charge in [-0.3, -0.25) is 13.9 Å². The van der Waals surface area contributed by atoms with Crippen LogP contribution in [-0.4, -0.2) is 43.8 Å². The van der Waals surface area contributed by atoms with Crippen molar-refractivity contribution in [2.24, 2.45) is 0 Å². The highest BCUT2D eigenvalue weighted by molar-refractivity contribution is 7.92. The van der Waals surface area contributed by atoms with Crippen LogP contribution >= 0.6 is 11.6 Å². The van der Waals surface area contributed by atoms with E-state index >= 15 is 0 Å². The van der Waals surface area contributed by atoms with Crippen LogP contribution in [0.3, 0.4) is 0 Å². The molecule has 0 aliphatic heterocycles. The molecule has 4 rings (SSSR count). The van der Waals surface area contributed by atoms with E-state index in [4.69, 9.17) is 11.6 Å². The average molecular weight is 646 g/mol. The third-order valence-corrected chi connectivity index (χ3v) is 9.83. The summed E-state index contributed by atoms with van der Waals surface area (Å²) in [4.78, 5) is 29.9. The highest BCUT2D eigenvalue weighted by Gasteiger charge is 2.35. The molecule has 0 aromatic heterocycles. The lowest BCUT2D eigenvalue weighted by molar-refractivity contribution is -0.140. The molecule has 4 aromatic carbocycles. The van der Waals surface area contributed by atoms with Gasteiger partial charge in [-0.1, -0.05) is 90.0 Å². The van der Waals surface area contributed by atoms with E-state index in [9.17, 15) is 18.0 Å². The van der Waals surface area contributed by atoms with Crippen molar-refractivity contribution in [1.82, 2.24) is 10.2 Å². The van der Waals surface area contributed by atoms with Crippen molar-refractivity contribution in [3.05, 3.63) is 130 Å². The molecule has 236 valence electrons. The predicted molar refractivity (Wildman–Crippen MR) is 181 cm³/mol. The third kappa shape index (κ3) is 8.53. The average Bonchev–Trinajstić information content (AvgIpc) is 3.00. The quantitative estimate of drug-likeness (QED) is 0.188. The first-order valence-corrected chi connectivity index (χ1v) is 16.7. The monoisotopic (exact) mass is 645 g/mol.